The summed E-state index contributed by atoms with van der Waals surface area (Å²) in [7, 11) is 1.48. The number of methoxy groups -OCH3 is 1. The molecule has 0 unspecified atom stereocenters. The average Bonchev–Trinajstić information content (AvgIpc) is 3.11. The van der Waals surface area contributed by atoms with E-state index in [1.54, 1.807) is 6.07 Å². The summed E-state index contributed by atoms with van der Waals surface area (Å²) in [6.07, 6.45) is 1.41. The van der Waals surface area contributed by atoms with Crippen LogP contribution in [0.3, 0.4) is 0 Å². The fraction of sp³-hybridized carbons (Fsp3) is 0.240. The molecule has 3 rings (SSSR count). The Labute approximate surface area is 204 Å². The Morgan fingerprint density at radius 1 is 1.20 bits per heavy atom. The van der Waals surface area contributed by atoms with Crippen LogP contribution in [0, 0.1) is 25.2 Å². The van der Waals surface area contributed by atoms with Gasteiger partial charge in [0.1, 0.15) is 16.5 Å². The summed E-state index contributed by atoms with van der Waals surface area (Å²) in [4.78, 5) is 26.4. The van der Waals surface area contributed by atoms with Crippen molar-refractivity contribution < 1.29 is 23.0 Å². The Balaban J connectivity index is 2.37. The van der Waals surface area contributed by atoms with Crippen LogP contribution in [0.2, 0.25) is 0 Å². The molecule has 1 N–H and O–H groups in total. The molecule has 0 aliphatic carbocycles. The van der Waals surface area contributed by atoms with E-state index in [9.17, 15) is 23.6 Å². The van der Waals surface area contributed by atoms with Crippen molar-refractivity contribution in [2.24, 2.45) is 0 Å². The van der Waals surface area contributed by atoms with E-state index >= 15 is 0 Å². The lowest BCUT2D eigenvalue weighted by Crippen LogP contribution is -2.35. The molecule has 2 aromatic carbocycles. The van der Waals surface area contributed by atoms with E-state index in [4.69, 9.17) is 4.74 Å². The third-order valence-corrected chi connectivity index (χ3v) is 6.15. The molecule has 1 aromatic heterocycles. The summed E-state index contributed by atoms with van der Waals surface area (Å²) in [5.74, 6) is -0.754. The molecule has 0 aliphatic rings. The second-order valence-electron chi connectivity index (χ2n) is 7.45. The highest BCUT2D eigenvalue weighted by Gasteiger charge is 2.19. The molecule has 35 heavy (non-hydrogen) atoms. The molecule has 0 atom stereocenters. The van der Waals surface area contributed by atoms with Gasteiger partial charge in [-0.25, -0.2) is 0 Å². The topological polar surface area (TPSA) is 93.3 Å². The smallest absolute Gasteiger partial charge is 0.387 e. The molecule has 1 amide bonds. The largest absolute Gasteiger partial charge is 0.434 e. The number of para-hydroxylation sites is 2. The number of alkyl halides is 2. The highest BCUT2D eigenvalue weighted by atomic mass is 32.1. The molecule has 0 fully saturated rings. The van der Waals surface area contributed by atoms with Gasteiger partial charge in [-0.1, -0.05) is 36.4 Å². The van der Waals surface area contributed by atoms with Crippen molar-refractivity contribution in [1.29, 1.82) is 5.26 Å². The Morgan fingerprint density at radius 3 is 2.51 bits per heavy atom. The lowest BCUT2D eigenvalue weighted by Gasteiger charge is -2.11. The standard InChI is InChI=1S/C25H23F2N3O4S/c1-15-7-6-8-16(2)21(15)30-23(32)20(13-17-9-4-5-10-19(17)34-25(26)27)35-24(30)18(14-28)22(31)29-11-12-33-3/h4-10,13,25H,11-12H2,1-3H3,(H,29,31)/b20-13-,24-18-. The van der Waals surface area contributed by atoms with Gasteiger partial charge in [0.2, 0.25) is 0 Å². The van der Waals surface area contributed by atoms with Gasteiger partial charge < -0.3 is 14.8 Å². The van der Waals surface area contributed by atoms with Gasteiger partial charge in [0, 0.05) is 19.2 Å². The number of carbonyl (C=O) groups is 1. The molecule has 182 valence electrons. The van der Waals surface area contributed by atoms with Gasteiger partial charge in [0.15, 0.2) is 5.57 Å². The maximum Gasteiger partial charge on any atom is 0.387 e. The first-order valence-corrected chi connectivity index (χ1v) is 11.4. The number of nitriles is 1. The first-order chi connectivity index (χ1) is 16.8. The first kappa shape index (κ1) is 25.8. The summed E-state index contributed by atoms with van der Waals surface area (Å²) in [6.45, 7) is 1.02. The minimum absolute atomic E-state index is 0.0998. The predicted molar refractivity (Wildman–Crippen MR) is 129 cm³/mol. The van der Waals surface area contributed by atoms with Crippen molar-refractivity contribution in [2.45, 2.75) is 20.5 Å². The summed E-state index contributed by atoms with van der Waals surface area (Å²) >= 11 is 0.921. The lowest BCUT2D eigenvalue weighted by atomic mass is 10.1. The average molecular weight is 500 g/mol. The Hall–Kier alpha value is -3.81. The van der Waals surface area contributed by atoms with E-state index in [1.807, 2.05) is 38.1 Å². The molecule has 7 nitrogen and oxygen atoms in total. The molecule has 0 saturated carbocycles. The van der Waals surface area contributed by atoms with Gasteiger partial charge in [-0.15, -0.1) is 11.3 Å². The number of amides is 1. The van der Waals surface area contributed by atoms with E-state index in [-0.39, 0.29) is 39.2 Å². The fourth-order valence-corrected chi connectivity index (χ4v) is 4.59. The van der Waals surface area contributed by atoms with Crippen molar-refractivity contribution in [3.63, 3.8) is 0 Å². The molecule has 0 radical (unpaired) electrons. The molecule has 0 aliphatic heterocycles. The van der Waals surface area contributed by atoms with Crippen molar-refractivity contribution in [1.82, 2.24) is 9.88 Å². The third-order valence-electron chi connectivity index (χ3n) is 5.05. The normalized spacial score (nSPS) is 12.4. The van der Waals surface area contributed by atoms with Crippen LogP contribution in [0.25, 0.3) is 17.3 Å². The number of ether oxygens (including phenoxy) is 2. The lowest BCUT2D eigenvalue weighted by molar-refractivity contribution is -0.115. The molecular weight excluding hydrogens is 476 g/mol. The fourth-order valence-electron chi connectivity index (χ4n) is 3.51. The first-order valence-electron chi connectivity index (χ1n) is 10.5. The number of aromatic nitrogens is 1. The van der Waals surface area contributed by atoms with Gasteiger partial charge in [-0.2, -0.15) is 14.0 Å². The second kappa shape index (κ2) is 11.6. The number of benzene rings is 2. The Morgan fingerprint density at radius 2 is 1.89 bits per heavy atom. The van der Waals surface area contributed by atoms with Crippen molar-refractivity contribution >= 4 is 28.9 Å². The van der Waals surface area contributed by atoms with E-state index < -0.39 is 18.1 Å². The quantitative estimate of drug-likeness (QED) is 0.481. The summed E-state index contributed by atoms with van der Waals surface area (Å²) in [6, 6.07) is 13.4. The van der Waals surface area contributed by atoms with Crippen LogP contribution in [-0.2, 0) is 9.53 Å². The zero-order valence-corrected chi connectivity index (χ0v) is 20.1. The number of nitrogens with zero attached hydrogens (tertiary/aromatic N) is 2. The molecule has 1 heterocycles. The van der Waals surface area contributed by atoms with Gasteiger partial charge >= 0.3 is 6.61 Å². The predicted octanol–water partition coefficient (Wildman–Crippen LogP) is 2.38. The van der Waals surface area contributed by atoms with Crippen molar-refractivity contribution in [3.8, 4) is 17.5 Å². The second-order valence-corrected chi connectivity index (χ2v) is 8.48. The number of halogens is 2. The summed E-state index contributed by atoms with van der Waals surface area (Å²) in [5, 5.41) is 12.5. The highest BCUT2D eigenvalue weighted by Crippen LogP contribution is 2.21. The number of rotatable bonds is 8. The SMILES string of the molecule is COCCNC(=O)/C(C#N)=c1\s/c(=C\c2ccccc2OC(F)F)c(=O)n1-c1c(C)cccc1C. The van der Waals surface area contributed by atoms with Crippen LogP contribution in [0.4, 0.5) is 8.78 Å². The molecule has 10 heteroatoms. The van der Waals surface area contributed by atoms with Gasteiger partial charge in [0.25, 0.3) is 11.5 Å². The minimum Gasteiger partial charge on any atom is -0.434 e. The number of nitrogens with one attached hydrogen (secondary N) is 1. The van der Waals surface area contributed by atoms with Gasteiger partial charge in [-0.05, 0) is 37.1 Å². The van der Waals surface area contributed by atoms with Gasteiger partial charge in [0.05, 0.1) is 16.8 Å². The number of carbonyl (C=O) groups excluding carboxylic acids is 1. The maximum absolute atomic E-state index is 13.6. The highest BCUT2D eigenvalue weighted by molar-refractivity contribution is 7.07. The van der Waals surface area contributed by atoms with E-state index in [0.29, 0.717) is 5.69 Å². The number of hydrogen-bond acceptors (Lipinski definition) is 6. The Kier molecular flexibility index (Phi) is 8.52. The van der Waals surface area contributed by atoms with E-state index in [2.05, 4.69) is 10.1 Å². The van der Waals surface area contributed by atoms with Crippen molar-refractivity contribution in [3.05, 3.63) is 78.7 Å². The van der Waals surface area contributed by atoms with Gasteiger partial charge in [-0.3, -0.25) is 14.2 Å². The number of aryl methyl sites for hydroxylation is 2. The summed E-state index contributed by atoms with van der Waals surface area (Å²) < 4.78 is 36.9. The van der Waals surface area contributed by atoms with Crippen LogP contribution < -0.4 is 24.8 Å². The minimum atomic E-state index is -3.04. The number of thiazole rings is 1. The number of hydrogen-bond donors (Lipinski definition) is 1. The van der Waals surface area contributed by atoms with Crippen molar-refractivity contribution in [2.75, 3.05) is 20.3 Å². The zero-order valence-electron chi connectivity index (χ0n) is 19.3. The van der Waals surface area contributed by atoms with Crippen LogP contribution in [0.1, 0.15) is 16.7 Å². The maximum atomic E-state index is 13.6. The summed E-state index contributed by atoms with van der Waals surface area (Å²) in [5.41, 5.74) is 1.58. The Bertz CT molecular complexity index is 1430. The molecule has 0 saturated heterocycles. The van der Waals surface area contributed by atoms with Crippen LogP contribution >= 0.6 is 11.3 Å². The molecule has 0 bridgehead atoms. The van der Waals surface area contributed by atoms with E-state index in [1.165, 1.54) is 36.0 Å². The van der Waals surface area contributed by atoms with Crippen LogP contribution in [0.5, 0.6) is 5.75 Å². The molecular formula is C25H23F2N3O4S. The van der Waals surface area contributed by atoms with E-state index in [0.717, 1.165) is 22.5 Å². The molecule has 3 aromatic rings. The van der Waals surface area contributed by atoms with Crippen LogP contribution in [-0.4, -0.2) is 37.3 Å². The van der Waals surface area contributed by atoms with Crippen LogP contribution in [0.15, 0.2) is 47.3 Å². The zero-order chi connectivity index (χ0) is 25.5. The third kappa shape index (κ3) is 5.82. The monoisotopic (exact) mass is 499 g/mol. The molecule has 0 spiro atoms.